The molecule has 0 radical (unpaired) electrons. The van der Waals surface area contributed by atoms with Crippen LogP contribution in [0.25, 0.3) is 11.1 Å². The molecule has 1 amide bonds. The summed E-state index contributed by atoms with van der Waals surface area (Å²) in [6.07, 6.45) is -0.351. The van der Waals surface area contributed by atoms with E-state index in [2.05, 4.69) is 29.3 Å². The summed E-state index contributed by atoms with van der Waals surface area (Å²) in [6.45, 7) is 4.42. The number of rotatable bonds is 11. The number of Topliss-reactive ketones (excluding diaryl/α,β-unsaturated/α-hetero) is 1. The number of amides is 1. The molecular weight excluding hydrogens is 573 g/mol. The van der Waals surface area contributed by atoms with E-state index in [0.717, 1.165) is 62.0 Å². The fraction of sp³-hybridized carbons (Fsp3) is 0.316. The third-order valence-electron chi connectivity index (χ3n) is 8.65. The maximum atomic E-state index is 13.4. The Bertz CT molecular complexity index is 1560. The van der Waals surface area contributed by atoms with Gasteiger partial charge in [0.15, 0.2) is 5.78 Å². The highest BCUT2D eigenvalue weighted by atomic mass is 19.4. The van der Waals surface area contributed by atoms with Crippen molar-refractivity contribution >= 4 is 11.7 Å². The van der Waals surface area contributed by atoms with Crippen LogP contribution in [-0.2, 0) is 17.4 Å². The van der Waals surface area contributed by atoms with Crippen molar-refractivity contribution in [3.8, 4) is 11.1 Å². The number of nitrogens with zero attached hydrogens (tertiary/aromatic N) is 1. The summed E-state index contributed by atoms with van der Waals surface area (Å²) in [5, 5.41) is 3.13. The van der Waals surface area contributed by atoms with E-state index in [9.17, 15) is 22.8 Å². The number of alkyl halides is 3. The summed E-state index contributed by atoms with van der Waals surface area (Å²) in [5.41, 5.74) is 4.08. The largest absolute Gasteiger partial charge is 0.416 e. The summed E-state index contributed by atoms with van der Waals surface area (Å²) in [7, 11) is 0. The second kappa shape index (κ2) is 14.7. The Labute approximate surface area is 263 Å². The molecule has 7 heteroatoms. The second-order valence-electron chi connectivity index (χ2n) is 11.7. The third-order valence-corrected chi connectivity index (χ3v) is 8.65. The standard InChI is InChI=1S/C38H39F3N2O2/c1-2-3-23-42-37(45)36(31-9-5-4-6-10-31)43-24-21-29(22-25-43)28-15-13-27(14-16-28)26-35(44)34-12-8-7-11-33(34)30-17-19-32(20-18-30)38(39,40)41/h4-20,29,36H,2-3,21-26H2,1H3,(H,42,45). The minimum absolute atomic E-state index is 0.0574. The quantitative estimate of drug-likeness (QED) is 0.136. The van der Waals surface area contributed by atoms with Crippen LogP contribution >= 0.6 is 0 Å². The van der Waals surface area contributed by atoms with Gasteiger partial charge in [-0.3, -0.25) is 14.5 Å². The zero-order valence-corrected chi connectivity index (χ0v) is 25.5. The Morgan fingerprint density at radius 3 is 2.13 bits per heavy atom. The van der Waals surface area contributed by atoms with E-state index in [1.807, 2.05) is 42.5 Å². The van der Waals surface area contributed by atoms with Crippen molar-refractivity contribution in [2.24, 2.45) is 0 Å². The lowest BCUT2D eigenvalue weighted by Gasteiger charge is -2.37. The summed E-state index contributed by atoms with van der Waals surface area (Å²) < 4.78 is 39.1. The molecule has 4 nitrogen and oxygen atoms in total. The van der Waals surface area contributed by atoms with E-state index in [1.165, 1.54) is 17.7 Å². The van der Waals surface area contributed by atoms with E-state index in [-0.39, 0.29) is 24.2 Å². The molecule has 234 valence electrons. The van der Waals surface area contributed by atoms with E-state index >= 15 is 0 Å². The molecule has 0 aromatic heterocycles. The first-order chi connectivity index (χ1) is 21.7. The normalized spacial score (nSPS) is 15.0. The number of likely N-dealkylation sites (tertiary alicyclic amines) is 1. The van der Waals surface area contributed by atoms with Gasteiger partial charge in [0.2, 0.25) is 5.91 Å². The van der Waals surface area contributed by atoms with Gasteiger partial charge in [0.05, 0.1) is 5.56 Å². The molecule has 4 aromatic carbocycles. The summed E-state index contributed by atoms with van der Waals surface area (Å²) in [6, 6.07) is 29.8. The smallest absolute Gasteiger partial charge is 0.354 e. The number of unbranched alkanes of at least 4 members (excludes halogenated alkanes) is 1. The Balaban J connectivity index is 1.22. The van der Waals surface area contributed by atoms with E-state index in [4.69, 9.17) is 0 Å². The fourth-order valence-corrected chi connectivity index (χ4v) is 6.14. The first kappa shape index (κ1) is 32.2. The van der Waals surface area contributed by atoms with Crippen LogP contribution in [0.4, 0.5) is 13.2 Å². The number of hydrogen-bond acceptors (Lipinski definition) is 3. The van der Waals surface area contributed by atoms with Crippen LogP contribution in [0.15, 0.2) is 103 Å². The number of halogens is 3. The predicted molar refractivity (Wildman–Crippen MR) is 172 cm³/mol. The molecule has 0 spiro atoms. The predicted octanol–water partition coefficient (Wildman–Crippen LogP) is 8.63. The molecule has 1 aliphatic rings. The molecule has 0 bridgehead atoms. The summed E-state index contributed by atoms with van der Waals surface area (Å²) >= 11 is 0. The van der Waals surface area contributed by atoms with Crippen LogP contribution in [-0.4, -0.2) is 36.2 Å². The Morgan fingerprint density at radius 2 is 1.49 bits per heavy atom. The number of ketones is 1. The fourth-order valence-electron chi connectivity index (χ4n) is 6.14. The molecule has 1 aliphatic heterocycles. The van der Waals surface area contributed by atoms with E-state index in [1.54, 1.807) is 24.3 Å². The van der Waals surface area contributed by atoms with Gasteiger partial charge in [0.1, 0.15) is 6.04 Å². The van der Waals surface area contributed by atoms with Crippen LogP contribution in [0.2, 0.25) is 0 Å². The van der Waals surface area contributed by atoms with Gasteiger partial charge >= 0.3 is 6.18 Å². The van der Waals surface area contributed by atoms with Crippen LogP contribution in [0.1, 0.15) is 77.2 Å². The first-order valence-electron chi connectivity index (χ1n) is 15.7. The van der Waals surface area contributed by atoms with Crippen molar-refractivity contribution in [2.45, 2.75) is 57.2 Å². The third kappa shape index (κ3) is 8.08. The summed E-state index contributed by atoms with van der Waals surface area (Å²) in [4.78, 5) is 28.9. The minimum atomic E-state index is -4.41. The van der Waals surface area contributed by atoms with Crippen molar-refractivity contribution in [1.29, 1.82) is 0 Å². The average molecular weight is 613 g/mol. The van der Waals surface area contributed by atoms with Gasteiger partial charge in [-0.2, -0.15) is 13.2 Å². The van der Waals surface area contributed by atoms with Crippen LogP contribution in [0.5, 0.6) is 0 Å². The summed E-state index contributed by atoms with van der Waals surface area (Å²) in [5.74, 6) is 0.337. The molecular formula is C38H39F3N2O2. The highest BCUT2D eigenvalue weighted by Crippen LogP contribution is 2.34. The maximum absolute atomic E-state index is 13.4. The van der Waals surface area contributed by atoms with Gasteiger partial charge in [0.25, 0.3) is 0 Å². The molecule has 1 atom stereocenters. The maximum Gasteiger partial charge on any atom is 0.416 e. The van der Waals surface area contributed by atoms with Crippen molar-refractivity contribution in [3.05, 3.63) is 131 Å². The first-order valence-corrected chi connectivity index (χ1v) is 15.7. The van der Waals surface area contributed by atoms with Crippen molar-refractivity contribution < 1.29 is 22.8 Å². The number of nitrogens with one attached hydrogen (secondary N) is 1. The molecule has 0 aliphatic carbocycles. The molecule has 45 heavy (non-hydrogen) atoms. The number of benzene rings is 4. The average Bonchev–Trinajstić information content (AvgIpc) is 3.06. The van der Waals surface area contributed by atoms with Gasteiger partial charge in [-0.05, 0) is 78.2 Å². The van der Waals surface area contributed by atoms with Crippen molar-refractivity contribution in [1.82, 2.24) is 10.2 Å². The van der Waals surface area contributed by atoms with Gasteiger partial charge in [0, 0.05) is 18.5 Å². The van der Waals surface area contributed by atoms with E-state index < -0.39 is 11.7 Å². The second-order valence-corrected chi connectivity index (χ2v) is 11.7. The molecule has 0 saturated carbocycles. The lowest BCUT2D eigenvalue weighted by atomic mass is 9.87. The van der Waals surface area contributed by atoms with Gasteiger partial charge in [-0.15, -0.1) is 0 Å². The van der Waals surface area contributed by atoms with Crippen molar-refractivity contribution in [2.75, 3.05) is 19.6 Å². The molecule has 1 fully saturated rings. The molecule has 1 heterocycles. The Kier molecular flexibility index (Phi) is 10.5. The zero-order chi connectivity index (χ0) is 31.8. The van der Waals surface area contributed by atoms with Crippen LogP contribution in [0, 0.1) is 0 Å². The number of piperidine rings is 1. The molecule has 1 N–H and O–H groups in total. The lowest BCUT2D eigenvalue weighted by Crippen LogP contribution is -2.44. The monoisotopic (exact) mass is 612 g/mol. The number of carbonyl (C=O) groups is 2. The zero-order valence-electron chi connectivity index (χ0n) is 25.5. The Morgan fingerprint density at radius 1 is 0.844 bits per heavy atom. The number of carbonyl (C=O) groups excluding carboxylic acids is 2. The minimum Gasteiger partial charge on any atom is -0.354 e. The molecule has 4 aromatic rings. The highest BCUT2D eigenvalue weighted by Gasteiger charge is 2.32. The topological polar surface area (TPSA) is 49.4 Å². The SMILES string of the molecule is CCCCNC(=O)C(c1ccccc1)N1CCC(c2ccc(CC(=O)c3ccccc3-c3ccc(C(F)(F)F)cc3)cc2)CC1. The molecule has 1 saturated heterocycles. The highest BCUT2D eigenvalue weighted by molar-refractivity contribution is 6.03. The molecule has 1 unspecified atom stereocenters. The van der Waals surface area contributed by atoms with Gasteiger partial charge in [-0.1, -0.05) is 104 Å². The lowest BCUT2D eigenvalue weighted by molar-refractivity contribution is -0.137. The van der Waals surface area contributed by atoms with Crippen LogP contribution in [0.3, 0.4) is 0 Å². The van der Waals surface area contributed by atoms with E-state index in [0.29, 0.717) is 29.2 Å². The Hall–Kier alpha value is -4.23. The van der Waals surface area contributed by atoms with Crippen molar-refractivity contribution in [3.63, 3.8) is 0 Å². The van der Waals surface area contributed by atoms with Gasteiger partial charge in [-0.25, -0.2) is 0 Å². The van der Waals surface area contributed by atoms with Gasteiger partial charge < -0.3 is 5.32 Å². The van der Waals surface area contributed by atoms with Crippen LogP contribution < -0.4 is 5.32 Å². The molecule has 5 rings (SSSR count). The number of hydrogen-bond donors (Lipinski definition) is 1.